The predicted octanol–water partition coefficient (Wildman–Crippen LogP) is 3.49. The van der Waals surface area contributed by atoms with Gasteiger partial charge in [-0.05, 0) is 18.2 Å². The molecule has 0 bridgehead atoms. The molecule has 0 aliphatic heterocycles. The predicted molar refractivity (Wildman–Crippen MR) is 89.4 cm³/mol. The molecule has 0 spiro atoms. The van der Waals surface area contributed by atoms with Crippen molar-refractivity contribution in [1.82, 2.24) is 0 Å². The fraction of sp³-hybridized carbons (Fsp3) is 0.0667. The fourth-order valence-electron chi connectivity index (χ4n) is 1.69. The number of nitrogens with one attached hydrogen (secondary N) is 1. The van der Waals surface area contributed by atoms with Gasteiger partial charge < -0.3 is 10.2 Å². The molecular formula is C15H11BrFN3O4. The Balaban J connectivity index is 1.86. The van der Waals surface area contributed by atoms with E-state index in [1.807, 2.05) is 0 Å². The Labute approximate surface area is 144 Å². The summed E-state index contributed by atoms with van der Waals surface area (Å²) in [6.45, 7) is -0.430. The lowest BCUT2D eigenvalue weighted by atomic mass is 10.2. The van der Waals surface area contributed by atoms with Crippen LogP contribution in [0.4, 0.5) is 15.8 Å². The van der Waals surface area contributed by atoms with Crippen LogP contribution in [0.5, 0.6) is 0 Å². The van der Waals surface area contributed by atoms with Crippen LogP contribution in [0.25, 0.3) is 0 Å². The second-order valence-electron chi connectivity index (χ2n) is 4.53. The van der Waals surface area contributed by atoms with Crippen molar-refractivity contribution >= 4 is 39.4 Å². The van der Waals surface area contributed by atoms with Crippen LogP contribution in [0.1, 0.15) is 5.56 Å². The molecule has 124 valence electrons. The summed E-state index contributed by atoms with van der Waals surface area (Å²) in [6, 6.07) is 9.96. The maximum atomic E-state index is 13.6. The zero-order valence-electron chi connectivity index (χ0n) is 12.1. The number of oxime groups is 1. The molecule has 7 nitrogen and oxygen atoms in total. The summed E-state index contributed by atoms with van der Waals surface area (Å²) in [5.74, 6) is -1.18. The maximum Gasteiger partial charge on any atom is 0.270 e. The number of carbonyl (C=O) groups is 1. The lowest BCUT2D eigenvalue weighted by molar-refractivity contribution is -0.384. The van der Waals surface area contributed by atoms with Gasteiger partial charge in [-0.25, -0.2) is 4.39 Å². The monoisotopic (exact) mass is 395 g/mol. The molecule has 0 fully saturated rings. The van der Waals surface area contributed by atoms with E-state index in [4.69, 9.17) is 4.84 Å². The Morgan fingerprint density at radius 1 is 1.38 bits per heavy atom. The Hall–Kier alpha value is -2.81. The number of hydrogen-bond acceptors (Lipinski definition) is 5. The molecule has 0 unspecified atom stereocenters. The van der Waals surface area contributed by atoms with Crippen LogP contribution < -0.4 is 5.32 Å². The second-order valence-corrected chi connectivity index (χ2v) is 5.45. The van der Waals surface area contributed by atoms with Crippen molar-refractivity contribution in [1.29, 1.82) is 0 Å². The maximum absolute atomic E-state index is 13.6. The Bertz CT molecular complexity index is 798. The molecule has 0 saturated heterocycles. The third-order valence-corrected chi connectivity index (χ3v) is 3.25. The van der Waals surface area contributed by atoms with E-state index in [9.17, 15) is 19.3 Å². The first-order valence-corrected chi connectivity index (χ1v) is 7.39. The van der Waals surface area contributed by atoms with Gasteiger partial charge in [0.2, 0.25) is 0 Å². The van der Waals surface area contributed by atoms with E-state index >= 15 is 0 Å². The highest BCUT2D eigenvalue weighted by Crippen LogP contribution is 2.19. The first-order chi connectivity index (χ1) is 11.5. The van der Waals surface area contributed by atoms with Crippen molar-refractivity contribution in [3.05, 3.63) is 68.4 Å². The van der Waals surface area contributed by atoms with Gasteiger partial charge in [-0.15, -0.1) is 0 Å². The summed E-state index contributed by atoms with van der Waals surface area (Å²) in [6.07, 6.45) is 1.24. The highest BCUT2D eigenvalue weighted by molar-refractivity contribution is 9.10. The average molecular weight is 396 g/mol. The van der Waals surface area contributed by atoms with E-state index in [1.165, 1.54) is 36.5 Å². The largest absolute Gasteiger partial charge is 0.386 e. The number of rotatable bonds is 6. The number of benzene rings is 2. The van der Waals surface area contributed by atoms with Crippen molar-refractivity contribution in [2.75, 3.05) is 11.9 Å². The standard InChI is InChI=1S/C15H11BrFN3O4/c16-11-4-5-14(13(17)7-11)19-15(21)9-24-18-8-10-2-1-3-12(6-10)20(22)23/h1-8H,9H2,(H,19,21)/b18-8+. The van der Waals surface area contributed by atoms with Gasteiger partial charge in [0.1, 0.15) is 5.82 Å². The van der Waals surface area contributed by atoms with E-state index in [0.29, 0.717) is 10.0 Å². The molecule has 0 radical (unpaired) electrons. The lowest BCUT2D eigenvalue weighted by Crippen LogP contribution is -2.17. The summed E-state index contributed by atoms with van der Waals surface area (Å²) in [5.41, 5.74) is 0.389. The van der Waals surface area contributed by atoms with Crippen LogP contribution in [-0.4, -0.2) is 23.7 Å². The molecule has 1 amide bonds. The highest BCUT2D eigenvalue weighted by Gasteiger charge is 2.08. The zero-order valence-corrected chi connectivity index (χ0v) is 13.7. The summed E-state index contributed by atoms with van der Waals surface area (Å²) in [7, 11) is 0. The zero-order chi connectivity index (χ0) is 17.5. The Morgan fingerprint density at radius 3 is 2.88 bits per heavy atom. The van der Waals surface area contributed by atoms with Crippen LogP contribution in [0.2, 0.25) is 0 Å². The number of nitro groups is 1. The van der Waals surface area contributed by atoms with Crippen LogP contribution >= 0.6 is 15.9 Å². The molecule has 0 aliphatic rings. The van der Waals surface area contributed by atoms with Gasteiger partial charge in [-0.3, -0.25) is 14.9 Å². The van der Waals surface area contributed by atoms with Crippen molar-refractivity contribution in [2.24, 2.45) is 5.16 Å². The number of non-ortho nitro benzene ring substituents is 1. The molecule has 0 saturated carbocycles. The van der Waals surface area contributed by atoms with E-state index < -0.39 is 23.3 Å². The first kappa shape index (κ1) is 17.5. The lowest BCUT2D eigenvalue weighted by Gasteiger charge is -2.05. The molecule has 2 aromatic carbocycles. The minimum atomic E-state index is -0.590. The molecule has 24 heavy (non-hydrogen) atoms. The summed E-state index contributed by atoms with van der Waals surface area (Å²) in [5, 5.41) is 16.5. The highest BCUT2D eigenvalue weighted by atomic mass is 79.9. The fourth-order valence-corrected chi connectivity index (χ4v) is 2.02. The topological polar surface area (TPSA) is 93.8 Å². The van der Waals surface area contributed by atoms with Crippen LogP contribution in [0.3, 0.4) is 0 Å². The van der Waals surface area contributed by atoms with Gasteiger partial charge in [-0.1, -0.05) is 33.2 Å². The third-order valence-electron chi connectivity index (χ3n) is 2.76. The molecule has 1 N–H and O–H groups in total. The van der Waals surface area contributed by atoms with Crippen molar-refractivity contribution in [2.45, 2.75) is 0 Å². The van der Waals surface area contributed by atoms with E-state index in [-0.39, 0.29) is 11.4 Å². The van der Waals surface area contributed by atoms with Crippen LogP contribution in [0, 0.1) is 15.9 Å². The second kappa shape index (κ2) is 8.16. The van der Waals surface area contributed by atoms with Crippen LogP contribution in [0.15, 0.2) is 52.1 Å². The van der Waals surface area contributed by atoms with Gasteiger partial charge in [0, 0.05) is 22.2 Å². The molecule has 0 aliphatic carbocycles. The minimum Gasteiger partial charge on any atom is -0.386 e. The third kappa shape index (κ3) is 5.13. The average Bonchev–Trinajstić information content (AvgIpc) is 2.54. The number of nitrogens with zero attached hydrogens (tertiary/aromatic N) is 2. The molecule has 0 heterocycles. The number of anilines is 1. The molecule has 0 aromatic heterocycles. The number of halogens is 2. The summed E-state index contributed by atoms with van der Waals surface area (Å²) < 4.78 is 14.1. The molecule has 2 rings (SSSR count). The SMILES string of the molecule is O=C(CO/N=C/c1cccc([N+](=O)[O-])c1)Nc1ccc(Br)cc1F. The quantitative estimate of drug-likeness (QED) is 0.460. The molecule has 0 atom stereocenters. The molecular weight excluding hydrogens is 385 g/mol. The van der Waals surface area contributed by atoms with Crippen molar-refractivity contribution < 1.29 is 18.9 Å². The van der Waals surface area contributed by atoms with Gasteiger partial charge >= 0.3 is 0 Å². The smallest absolute Gasteiger partial charge is 0.270 e. The number of nitro benzene ring substituents is 1. The first-order valence-electron chi connectivity index (χ1n) is 6.60. The molecule has 2 aromatic rings. The normalized spacial score (nSPS) is 10.6. The van der Waals surface area contributed by atoms with E-state index in [2.05, 4.69) is 26.4 Å². The number of carbonyl (C=O) groups excluding carboxylic acids is 1. The summed E-state index contributed by atoms with van der Waals surface area (Å²) in [4.78, 5) is 26.5. The number of amides is 1. The van der Waals surface area contributed by atoms with Crippen molar-refractivity contribution in [3.63, 3.8) is 0 Å². The Kier molecular flexibility index (Phi) is 5.96. The van der Waals surface area contributed by atoms with Gasteiger partial charge in [0.05, 0.1) is 16.8 Å². The van der Waals surface area contributed by atoms with E-state index in [0.717, 1.165) is 0 Å². The van der Waals surface area contributed by atoms with Gasteiger partial charge in [0.25, 0.3) is 11.6 Å². The van der Waals surface area contributed by atoms with Gasteiger partial charge in [-0.2, -0.15) is 0 Å². The summed E-state index contributed by atoms with van der Waals surface area (Å²) >= 11 is 3.11. The van der Waals surface area contributed by atoms with Crippen molar-refractivity contribution in [3.8, 4) is 0 Å². The minimum absolute atomic E-state index is 0.0227. The number of hydrogen-bond donors (Lipinski definition) is 1. The molecule has 9 heteroatoms. The van der Waals surface area contributed by atoms with Gasteiger partial charge in [0.15, 0.2) is 6.61 Å². The van der Waals surface area contributed by atoms with Crippen LogP contribution in [-0.2, 0) is 9.63 Å². The Morgan fingerprint density at radius 2 is 2.17 bits per heavy atom. The van der Waals surface area contributed by atoms with E-state index in [1.54, 1.807) is 12.1 Å².